The molecule has 0 fully saturated rings. The van der Waals surface area contributed by atoms with Crippen LogP contribution in [0.15, 0.2) is 41.1 Å². The largest absolute Gasteiger partial charge is 0.494 e. The topological polar surface area (TPSA) is 82.6 Å². The van der Waals surface area contributed by atoms with Crippen LogP contribution in [-0.2, 0) is 24.3 Å². The van der Waals surface area contributed by atoms with Crippen molar-refractivity contribution in [2.75, 3.05) is 20.8 Å². The number of amides is 1. The van der Waals surface area contributed by atoms with Crippen molar-refractivity contribution in [1.29, 1.82) is 0 Å². The molecule has 3 aromatic rings. The van der Waals surface area contributed by atoms with Gasteiger partial charge in [-0.15, -0.1) is 0 Å². The Labute approximate surface area is 156 Å². The van der Waals surface area contributed by atoms with Gasteiger partial charge in [0.15, 0.2) is 0 Å². The van der Waals surface area contributed by atoms with Gasteiger partial charge in [-0.1, -0.05) is 12.1 Å². The zero-order valence-electron chi connectivity index (χ0n) is 15.2. The summed E-state index contributed by atoms with van der Waals surface area (Å²) >= 11 is 0. The van der Waals surface area contributed by atoms with E-state index in [0.29, 0.717) is 43.3 Å². The average Bonchev–Trinajstić information content (AvgIpc) is 3.34. The number of oxazole rings is 1. The summed E-state index contributed by atoms with van der Waals surface area (Å²) in [5.74, 6) is 1.98. The number of ether oxygens (including phenoxy) is 2. The lowest BCUT2D eigenvalue weighted by atomic mass is 10.1. The number of carbonyl (C=O) groups excluding carboxylic acids is 1. The van der Waals surface area contributed by atoms with Gasteiger partial charge in [0, 0.05) is 26.3 Å². The molecule has 0 aliphatic carbocycles. The molecule has 0 atom stereocenters. The Balaban J connectivity index is 1.53. The molecule has 0 saturated heterocycles. The van der Waals surface area contributed by atoms with E-state index in [1.165, 1.54) is 0 Å². The monoisotopic (exact) mass is 368 g/mol. The van der Waals surface area contributed by atoms with Crippen molar-refractivity contribution in [2.24, 2.45) is 0 Å². The molecular formula is C19H20N4O4. The first-order valence-corrected chi connectivity index (χ1v) is 8.63. The number of fused-ring (bicyclic) bond motifs is 1. The molecule has 3 heterocycles. The van der Waals surface area contributed by atoms with Crippen LogP contribution in [0, 0.1) is 0 Å². The van der Waals surface area contributed by atoms with E-state index in [9.17, 15) is 4.79 Å². The molecule has 4 rings (SSSR count). The molecule has 1 amide bonds. The van der Waals surface area contributed by atoms with Crippen molar-refractivity contribution < 1.29 is 18.7 Å². The standard InChI is InChI=1S/C19H20N4O4/c1-25-12-18-21-14-11-22(8-7-16(14)27-18)19(24)13-9-20-23(10-13)15-5-3-4-6-17(15)26-2/h3-6,9-10H,7-8,11-12H2,1-2H3. The molecule has 8 nitrogen and oxygen atoms in total. The Morgan fingerprint density at radius 1 is 1.30 bits per heavy atom. The first-order valence-electron chi connectivity index (χ1n) is 8.63. The number of hydrogen-bond acceptors (Lipinski definition) is 6. The molecule has 8 heteroatoms. The highest BCUT2D eigenvalue weighted by molar-refractivity contribution is 5.94. The van der Waals surface area contributed by atoms with E-state index < -0.39 is 0 Å². The minimum atomic E-state index is -0.0851. The van der Waals surface area contributed by atoms with E-state index in [-0.39, 0.29) is 5.91 Å². The SMILES string of the molecule is COCc1nc2c(o1)CCN(C(=O)c1cnn(-c3ccccc3OC)c1)C2. The summed E-state index contributed by atoms with van der Waals surface area (Å²) in [6.07, 6.45) is 3.93. The summed E-state index contributed by atoms with van der Waals surface area (Å²) in [6.45, 7) is 1.32. The molecule has 1 aromatic carbocycles. The van der Waals surface area contributed by atoms with E-state index in [2.05, 4.69) is 10.1 Å². The third kappa shape index (κ3) is 3.31. The lowest BCUT2D eigenvalue weighted by Gasteiger charge is -2.24. The molecule has 0 radical (unpaired) electrons. The number of benzene rings is 1. The average molecular weight is 368 g/mol. The van der Waals surface area contributed by atoms with Crippen molar-refractivity contribution in [1.82, 2.24) is 19.7 Å². The molecule has 0 saturated carbocycles. The third-order valence-corrected chi connectivity index (χ3v) is 4.49. The zero-order chi connectivity index (χ0) is 18.8. The van der Waals surface area contributed by atoms with Crippen molar-refractivity contribution in [2.45, 2.75) is 19.6 Å². The quantitative estimate of drug-likeness (QED) is 0.687. The normalized spacial score (nSPS) is 13.5. The van der Waals surface area contributed by atoms with E-state index in [1.54, 1.807) is 36.2 Å². The number of carbonyl (C=O) groups is 1. The first-order chi connectivity index (χ1) is 13.2. The maximum Gasteiger partial charge on any atom is 0.257 e. The molecule has 0 spiro atoms. The Hall–Kier alpha value is -3.13. The van der Waals surface area contributed by atoms with Crippen LogP contribution in [0.2, 0.25) is 0 Å². The first kappa shape index (κ1) is 17.3. The van der Waals surface area contributed by atoms with Crippen LogP contribution >= 0.6 is 0 Å². The number of nitrogens with zero attached hydrogens (tertiary/aromatic N) is 4. The molecule has 0 N–H and O–H groups in total. The predicted octanol–water partition coefficient (Wildman–Crippen LogP) is 2.21. The van der Waals surface area contributed by atoms with E-state index in [0.717, 1.165) is 17.1 Å². The minimum Gasteiger partial charge on any atom is -0.494 e. The van der Waals surface area contributed by atoms with Crippen molar-refractivity contribution in [3.05, 3.63) is 59.6 Å². The fourth-order valence-corrected chi connectivity index (χ4v) is 3.18. The van der Waals surface area contributed by atoms with Crippen molar-refractivity contribution in [3.8, 4) is 11.4 Å². The smallest absolute Gasteiger partial charge is 0.257 e. The molecule has 0 unspecified atom stereocenters. The summed E-state index contributed by atoms with van der Waals surface area (Å²) in [4.78, 5) is 19.1. The molecule has 140 valence electrons. The van der Waals surface area contributed by atoms with Crippen molar-refractivity contribution in [3.63, 3.8) is 0 Å². The Morgan fingerprint density at radius 3 is 2.96 bits per heavy atom. The highest BCUT2D eigenvalue weighted by atomic mass is 16.5. The van der Waals surface area contributed by atoms with E-state index in [1.807, 2.05) is 24.3 Å². The second-order valence-corrected chi connectivity index (χ2v) is 6.23. The Bertz CT molecular complexity index is 962. The minimum absolute atomic E-state index is 0.0851. The van der Waals surface area contributed by atoms with Gasteiger partial charge in [0.2, 0.25) is 5.89 Å². The van der Waals surface area contributed by atoms with Crippen LogP contribution in [0.3, 0.4) is 0 Å². The van der Waals surface area contributed by atoms with Gasteiger partial charge >= 0.3 is 0 Å². The van der Waals surface area contributed by atoms with Crippen LogP contribution in [0.1, 0.15) is 27.7 Å². The highest BCUT2D eigenvalue weighted by Gasteiger charge is 2.27. The Kier molecular flexibility index (Phi) is 4.64. The van der Waals surface area contributed by atoms with Crippen LogP contribution in [-0.4, -0.2) is 46.3 Å². The van der Waals surface area contributed by atoms with E-state index >= 15 is 0 Å². The van der Waals surface area contributed by atoms with Gasteiger partial charge in [0.1, 0.15) is 29.5 Å². The zero-order valence-corrected chi connectivity index (χ0v) is 15.2. The number of hydrogen-bond donors (Lipinski definition) is 0. The van der Waals surface area contributed by atoms with E-state index in [4.69, 9.17) is 13.9 Å². The number of para-hydroxylation sites is 2. The molecular weight excluding hydrogens is 348 g/mol. The predicted molar refractivity (Wildman–Crippen MR) is 95.8 cm³/mol. The van der Waals surface area contributed by atoms with Gasteiger partial charge in [0.05, 0.1) is 25.4 Å². The van der Waals surface area contributed by atoms with Gasteiger partial charge in [0.25, 0.3) is 5.91 Å². The fourth-order valence-electron chi connectivity index (χ4n) is 3.18. The van der Waals surface area contributed by atoms with Crippen LogP contribution in [0.25, 0.3) is 5.69 Å². The molecule has 1 aliphatic heterocycles. The lowest BCUT2D eigenvalue weighted by Crippen LogP contribution is -2.35. The van der Waals surface area contributed by atoms with Crippen LogP contribution in [0.4, 0.5) is 0 Å². The second kappa shape index (κ2) is 7.24. The maximum absolute atomic E-state index is 12.9. The third-order valence-electron chi connectivity index (χ3n) is 4.49. The second-order valence-electron chi connectivity index (χ2n) is 6.23. The summed E-state index contributed by atoms with van der Waals surface area (Å²) in [5.41, 5.74) is 2.09. The summed E-state index contributed by atoms with van der Waals surface area (Å²) in [6, 6.07) is 7.53. The Morgan fingerprint density at radius 2 is 2.15 bits per heavy atom. The lowest BCUT2D eigenvalue weighted by molar-refractivity contribution is 0.0727. The van der Waals surface area contributed by atoms with Gasteiger partial charge in [-0.3, -0.25) is 4.79 Å². The molecule has 1 aliphatic rings. The number of methoxy groups -OCH3 is 2. The molecule has 2 aromatic heterocycles. The molecule has 27 heavy (non-hydrogen) atoms. The summed E-state index contributed by atoms with van der Waals surface area (Å²) < 4.78 is 17.7. The molecule has 0 bridgehead atoms. The fraction of sp³-hybridized carbons (Fsp3) is 0.316. The van der Waals surface area contributed by atoms with Crippen LogP contribution in [0.5, 0.6) is 5.75 Å². The van der Waals surface area contributed by atoms with Gasteiger partial charge < -0.3 is 18.8 Å². The number of aromatic nitrogens is 3. The van der Waals surface area contributed by atoms with Gasteiger partial charge in [-0.05, 0) is 12.1 Å². The van der Waals surface area contributed by atoms with Gasteiger partial charge in [-0.2, -0.15) is 5.10 Å². The van der Waals surface area contributed by atoms with Gasteiger partial charge in [-0.25, -0.2) is 9.67 Å². The summed E-state index contributed by atoms with van der Waals surface area (Å²) in [7, 11) is 3.20. The highest BCUT2D eigenvalue weighted by Crippen LogP contribution is 2.24. The van der Waals surface area contributed by atoms with Crippen LogP contribution < -0.4 is 4.74 Å². The maximum atomic E-state index is 12.9. The summed E-state index contributed by atoms with van der Waals surface area (Å²) in [5, 5.41) is 4.32. The van der Waals surface area contributed by atoms with Crippen molar-refractivity contribution >= 4 is 5.91 Å². The number of rotatable bonds is 5.